The van der Waals surface area contributed by atoms with Crippen molar-refractivity contribution in [3.05, 3.63) is 57.7 Å². The number of carbonyl (C=O) groups excluding carboxylic acids is 1. The molecule has 32 heavy (non-hydrogen) atoms. The van der Waals surface area contributed by atoms with Crippen LogP contribution in [0, 0.1) is 6.92 Å². The molecule has 3 aromatic rings. The van der Waals surface area contributed by atoms with Gasteiger partial charge in [0.05, 0.1) is 26.4 Å². The van der Waals surface area contributed by atoms with E-state index in [9.17, 15) is 15.0 Å². The number of H-pyrrole nitrogens is 1. The molecule has 1 aromatic heterocycles. The van der Waals surface area contributed by atoms with Crippen molar-refractivity contribution in [2.45, 2.75) is 19.9 Å². The lowest BCUT2D eigenvalue weighted by atomic mass is 9.95. The lowest BCUT2D eigenvalue weighted by Crippen LogP contribution is -2.32. The fourth-order valence-electron chi connectivity index (χ4n) is 4.07. The highest BCUT2D eigenvalue weighted by atomic mass is 35.5. The van der Waals surface area contributed by atoms with Crippen molar-refractivity contribution in [3.8, 4) is 28.5 Å². The number of hydrogen-bond acceptors (Lipinski definition) is 6. The summed E-state index contributed by atoms with van der Waals surface area (Å²) in [7, 11) is 1.55. The standard InChI is InChI=1S/C23H24ClN3O5/c1-4-32-17-6-5-13(10-18(17)31-3)22-19-20(14-11-15(24)12(2)9-16(14)29)25-26-21(19)23(30)27(22)7-8-28/h5-6,9-11,22,28-29H,4,7-8H2,1-3H3,(H,25,26). The Balaban J connectivity index is 1.90. The van der Waals surface area contributed by atoms with E-state index >= 15 is 0 Å². The summed E-state index contributed by atoms with van der Waals surface area (Å²) >= 11 is 6.31. The summed E-state index contributed by atoms with van der Waals surface area (Å²) < 4.78 is 11.1. The summed E-state index contributed by atoms with van der Waals surface area (Å²) in [6.07, 6.45) is 0. The van der Waals surface area contributed by atoms with E-state index in [0.717, 1.165) is 11.1 Å². The Kier molecular flexibility index (Phi) is 5.99. The van der Waals surface area contributed by atoms with Gasteiger partial charge in [-0.15, -0.1) is 0 Å². The number of aromatic nitrogens is 2. The number of fused-ring (bicyclic) bond motifs is 1. The molecule has 0 spiro atoms. The predicted octanol–water partition coefficient (Wildman–Crippen LogP) is 3.69. The number of aryl methyl sites for hydroxylation is 1. The third-order valence-electron chi connectivity index (χ3n) is 5.54. The van der Waals surface area contributed by atoms with Crippen LogP contribution in [0.15, 0.2) is 30.3 Å². The Labute approximate surface area is 190 Å². The van der Waals surface area contributed by atoms with Gasteiger partial charge in [-0.3, -0.25) is 9.89 Å². The van der Waals surface area contributed by atoms with Gasteiger partial charge in [-0.1, -0.05) is 17.7 Å². The van der Waals surface area contributed by atoms with Gasteiger partial charge in [0.2, 0.25) is 0 Å². The Hall–Kier alpha value is -3.23. The molecule has 1 amide bonds. The molecule has 9 heteroatoms. The zero-order chi connectivity index (χ0) is 23.0. The number of benzene rings is 2. The minimum Gasteiger partial charge on any atom is -0.507 e. The monoisotopic (exact) mass is 457 g/mol. The van der Waals surface area contributed by atoms with Crippen LogP contribution in [0.2, 0.25) is 5.02 Å². The summed E-state index contributed by atoms with van der Waals surface area (Å²) in [5, 5.41) is 27.8. The number of phenols is 1. The second-order valence-corrected chi connectivity index (χ2v) is 7.85. The van der Waals surface area contributed by atoms with Crippen LogP contribution in [-0.4, -0.2) is 58.1 Å². The van der Waals surface area contributed by atoms with E-state index in [2.05, 4.69) is 10.2 Å². The van der Waals surface area contributed by atoms with Gasteiger partial charge in [0.25, 0.3) is 5.91 Å². The molecule has 168 valence electrons. The van der Waals surface area contributed by atoms with Crippen LogP contribution in [0.25, 0.3) is 11.3 Å². The van der Waals surface area contributed by atoms with Crippen molar-refractivity contribution in [3.63, 3.8) is 0 Å². The van der Waals surface area contributed by atoms with Gasteiger partial charge < -0.3 is 24.6 Å². The zero-order valence-electron chi connectivity index (χ0n) is 18.0. The largest absolute Gasteiger partial charge is 0.507 e. The van der Waals surface area contributed by atoms with Crippen molar-refractivity contribution in [2.75, 3.05) is 26.9 Å². The first-order valence-corrected chi connectivity index (χ1v) is 10.6. The Morgan fingerprint density at radius 1 is 1.25 bits per heavy atom. The van der Waals surface area contributed by atoms with Crippen LogP contribution < -0.4 is 9.47 Å². The van der Waals surface area contributed by atoms with Crippen molar-refractivity contribution >= 4 is 17.5 Å². The van der Waals surface area contributed by atoms with Gasteiger partial charge in [-0.25, -0.2) is 0 Å². The van der Waals surface area contributed by atoms with Gasteiger partial charge in [0.15, 0.2) is 11.5 Å². The molecule has 8 nitrogen and oxygen atoms in total. The van der Waals surface area contributed by atoms with Crippen LogP contribution in [0.5, 0.6) is 17.2 Å². The second kappa shape index (κ2) is 8.72. The number of hydrogen-bond donors (Lipinski definition) is 3. The molecule has 1 aliphatic rings. The maximum absolute atomic E-state index is 13.1. The lowest BCUT2D eigenvalue weighted by Gasteiger charge is -2.26. The first-order valence-electron chi connectivity index (χ1n) is 10.2. The predicted molar refractivity (Wildman–Crippen MR) is 120 cm³/mol. The summed E-state index contributed by atoms with van der Waals surface area (Å²) in [6, 6.07) is 8.10. The summed E-state index contributed by atoms with van der Waals surface area (Å²) in [5.41, 5.74) is 3.23. The van der Waals surface area contributed by atoms with E-state index in [4.69, 9.17) is 21.1 Å². The number of halogens is 1. The molecule has 0 saturated heterocycles. The molecule has 1 unspecified atom stereocenters. The number of methoxy groups -OCH3 is 1. The molecular formula is C23H24ClN3O5. The van der Waals surface area contributed by atoms with E-state index in [1.54, 1.807) is 43.2 Å². The Morgan fingerprint density at radius 2 is 2.03 bits per heavy atom. The molecule has 2 heterocycles. The van der Waals surface area contributed by atoms with E-state index in [-0.39, 0.29) is 24.8 Å². The van der Waals surface area contributed by atoms with Gasteiger partial charge in [-0.05, 0) is 49.2 Å². The van der Waals surface area contributed by atoms with Crippen LogP contribution >= 0.6 is 11.6 Å². The lowest BCUT2D eigenvalue weighted by molar-refractivity contribution is 0.0706. The molecule has 0 aliphatic carbocycles. The molecule has 0 radical (unpaired) electrons. The van der Waals surface area contributed by atoms with Gasteiger partial charge in [0, 0.05) is 22.7 Å². The minimum absolute atomic E-state index is 0.0114. The van der Waals surface area contributed by atoms with Gasteiger partial charge >= 0.3 is 0 Å². The van der Waals surface area contributed by atoms with E-state index in [0.29, 0.717) is 45.6 Å². The van der Waals surface area contributed by atoms with Gasteiger partial charge in [-0.2, -0.15) is 5.10 Å². The Bertz CT molecular complexity index is 1180. The van der Waals surface area contributed by atoms with E-state index in [1.165, 1.54) is 0 Å². The molecule has 0 saturated carbocycles. The van der Waals surface area contributed by atoms with Crippen LogP contribution in [0.1, 0.15) is 40.1 Å². The number of β-amino-alcohol motifs (C(OH)–C–C–N with tert-alkyl or cyclic N) is 1. The molecular weight excluding hydrogens is 434 g/mol. The number of nitrogens with one attached hydrogen (secondary N) is 1. The number of aromatic amines is 1. The van der Waals surface area contributed by atoms with Crippen LogP contribution in [-0.2, 0) is 0 Å². The normalized spacial score (nSPS) is 15.2. The third kappa shape index (κ3) is 3.55. The van der Waals surface area contributed by atoms with Crippen molar-refractivity contribution in [1.82, 2.24) is 15.1 Å². The Morgan fingerprint density at radius 3 is 2.72 bits per heavy atom. The summed E-state index contributed by atoms with van der Waals surface area (Å²) in [6.45, 7) is 4.09. The fourth-order valence-corrected chi connectivity index (χ4v) is 4.24. The highest BCUT2D eigenvalue weighted by Crippen LogP contribution is 2.46. The first kappa shape index (κ1) is 22.0. The van der Waals surface area contributed by atoms with Crippen LogP contribution in [0.3, 0.4) is 0 Å². The molecule has 2 aromatic carbocycles. The third-order valence-corrected chi connectivity index (χ3v) is 5.95. The number of rotatable bonds is 7. The fraction of sp³-hybridized carbons (Fsp3) is 0.304. The van der Waals surface area contributed by atoms with E-state index < -0.39 is 6.04 Å². The number of aromatic hydroxyl groups is 1. The topological polar surface area (TPSA) is 108 Å². The van der Waals surface area contributed by atoms with Crippen LogP contribution in [0.4, 0.5) is 0 Å². The number of aliphatic hydroxyl groups is 1. The molecule has 1 aliphatic heterocycles. The molecule has 0 bridgehead atoms. The number of amides is 1. The maximum atomic E-state index is 13.1. The van der Waals surface area contributed by atoms with Crippen molar-refractivity contribution < 1.29 is 24.5 Å². The summed E-state index contributed by atoms with van der Waals surface area (Å²) in [4.78, 5) is 14.7. The molecule has 3 N–H and O–H groups in total. The molecule has 4 rings (SSSR count). The number of phenolic OH excluding ortho intramolecular Hbond substituents is 1. The highest BCUT2D eigenvalue weighted by Gasteiger charge is 2.42. The van der Waals surface area contributed by atoms with Crippen molar-refractivity contribution in [1.29, 1.82) is 0 Å². The zero-order valence-corrected chi connectivity index (χ0v) is 18.7. The number of carbonyl (C=O) groups is 1. The number of nitrogens with zero attached hydrogens (tertiary/aromatic N) is 2. The number of ether oxygens (including phenoxy) is 2. The average molecular weight is 458 g/mol. The first-order chi connectivity index (χ1) is 15.4. The highest BCUT2D eigenvalue weighted by molar-refractivity contribution is 6.31. The van der Waals surface area contributed by atoms with E-state index in [1.807, 2.05) is 13.0 Å². The average Bonchev–Trinajstić information content (AvgIpc) is 3.31. The SMILES string of the molecule is CCOc1ccc(C2c3c(-c4cc(Cl)c(C)cc4O)n[nH]c3C(=O)N2CCO)cc1OC. The second-order valence-electron chi connectivity index (χ2n) is 7.45. The number of aliphatic hydroxyl groups excluding tert-OH is 1. The van der Waals surface area contributed by atoms with Crippen molar-refractivity contribution in [2.24, 2.45) is 0 Å². The van der Waals surface area contributed by atoms with Gasteiger partial charge in [0.1, 0.15) is 17.1 Å². The smallest absolute Gasteiger partial charge is 0.273 e. The summed E-state index contributed by atoms with van der Waals surface area (Å²) in [5.74, 6) is 0.841. The molecule has 1 atom stereocenters. The minimum atomic E-state index is -0.553. The molecule has 0 fully saturated rings. The maximum Gasteiger partial charge on any atom is 0.273 e. The quantitative estimate of drug-likeness (QED) is 0.499.